The molecule has 0 fully saturated rings. The van der Waals surface area contributed by atoms with Crippen LogP contribution < -0.4 is 5.32 Å². The van der Waals surface area contributed by atoms with E-state index in [2.05, 4.69) is 19.2 Å². The van der Waals surface area contributed by atoms with Crippen LogP contribution in [-0.2, 0) is 11.8 Å². The summed E-state index contributed by atoms with van der Waals surface area (Å²) >= 11 is 0. The lowest BCUT2D eigenvalue weighted by atomic mass is 9.69. The highest BCUT2D eigenvalue weighted by molar-refractivity contribution is 6.53. The first-order valence-corrected chi connectivity index (χ1v) is 8.89. The maximum absolute atomic E-state index is 13.0. The van der Waals surface area contributed by atoms with E-state index in [1.54, 1.807) is 6.92 Å². The molecule has 2 aliphatic carbocycles. The van der Waals surface area contributed by atoms with Gasteiger partial charge >= 0.3 is 0 Å². The number of furan rings is 1. The quantitative estimate of drug-likeness (QED) is 0.796. The Morgan fingerprint density at radius 2 is 1.85 bits per heavy atom. The van der Waals surface area contributed by atoms with Gasteiger partial charge in [0.05, 0.1) is 5.56 Å². The molecule has 0 saturated heterocycles. The van der Waals surface area contributed by atoms with E-state index < -0.39 is 17.5 Å². The lowest BCUT2D eigenvalue weighted by molar-refractivity contribution is 0.0813. The third-order valence-corrected chi connectivity index (χ3v) is 5.76. The van der Waals surface area contributed by atoms with E-state index in [9.17, 15) is 14.4 Å². The fourth-order valence-electron chi connectivity index (χ4n) is 4.37. The number of nitrogens with one attached hydrogen (secondary N) is 1. The van der Waals surface area contributed by atoms with Crippen LogP contribution in [0, 0.1) is 6.92 Å². The molecule has 2 aliphatic rings. The fraction of sp³-hybridized carbons (Fsp3) is 0.381. The Morgan fingerprint density at radius 3 is 2.54 bits per heavy atom. The second kappa shape index (κ2) is 5.40. The number of carbonyl (C=O) groups is 3. The van der Waals surface area contributed by atoms with Gasteiger partial charge < -0.3 is 9.73 Å². The zero-order valence-corrected chi connectivity index (χ0v) is 15.4. The monoisotopic (exact) mass is 351 g/mol. The van der Waals surface area contributed by atoms with Crippen molar-refractivity contribution in [1.29, 1.82) is 0 Å². The van der Waals surface area contributed by atoms with Gasteiger partial charge in [-0.2, -0.15) is 0 Å². The predicted molar refractivity (Wildman–Crippen MR) is 96.9 cm³/mol. The molecule has 5 nitrogen and oxygen atoms in total. The van der Waals surface area contributed by atoms with Crippen molar-refractivity contribution in [2.24, 2.45) is 0 Å². The number of benzene rings is 1. The topological polar surface area (TPSA) is 76.4 Å². The molecule has 134 valence electrons. The number of hydrogen-bond donors (Lipinski definition) is 1. The van der Waals surface area contributed by atoms with Gasteiger partial charge in [0.2, 0.25) is 11.6 Å². The number of amides is 1. The van der Waals surface area contributed by atoms with Crippen molar-refractivity contribution >= 4 is 17.5 Å². The van der Waals surface area contributed by atoms with Crippen molar-refractivity contribution in [2.45, 2.75) is 45.4 Å². The van der Waals surface area contributed by atoms with Gasteiger partial charge in [-0.05, 0) is 42.7 Å². The van der Waals surface area contributed by atoms with Crippen LogP contribution in [0.5, 0.6) is 0 Å². The summed E-state index contributed by atoms with van der Waals surface area (Å²) in [7, 11) is 1.50. The molecule has 0 radical (unpaired) electrons. The Morgan fingerprint density at radius 1 is 1.15 bits per heavy atom. The molecule has 1 N–H and O–H groups in total. The highest BCUT2D eigenvalue weighted by atomic mass is 16.4. The molecule has 1 aromatic carbocycles. The third kappa shape index (κ3) is 2.06. The van der Waals surface area contributed by atoms with Gasteiger partial charge in [-0.15, -0.1) is 0 Å². The molecule has 0 unspecified atom stereocenters. The van der Waals surface area contributed by atoms with E-state index in [0.29, 0.717) is 22.5 Å². The number of carbonyl (C=O) groups excluding carboxylic acids is 3. The van der Waals surface area contributed by atoms with E-state index in [1.165, 1.54) is 7.05 Å². The lowest BCUT2D eigenvalue weighted by Gasteiger charge is -2.34. The Kier molecular flexibility index (Phi) is 3.48. The minimum atomic E-state index is -0.583. The SMILES string of the molecule is CNC(=O)c1oc2c(c1C)C(=O)C(=O)c1c-2ccc2c1CCCC2(C)C. The minimum Gasteiger partial charge on any atom is -0.450 e. The molecule has 26 heavy (non-hydrogen) atoms. The molecule has 0 aliphatic heterocycles. The molecule has 1 amide bonds. The van der Waals surface area contributed by atoms with E-state index in [0.717, 1.165) is 30.4 Å². The lowest BCUT2D eigenvalue weighted by Crippen LogP contribution is -2.29. The van der Waals surface area contributed by atoms with Crippen LogP contribution in [0.1, 0.15) is 74.7 Å². The van der Waals surface area contributed by atoms with Crippen molar-refractivity contribution in [3.63, 3.8) is 0 Å². The summed E-state index contributed by atoms with van der Waals surface area (Å²) in [4.78, 5) is 37.9. The Hall–Kier alpha value is -2.69. The Bertz CT molecular complexity index is 994. The molecule has 0 bridgehead atoms. The summed E-state index contributed by atoms with van der Waals surface area (Å²) in [5.74, 6) is -1.05. The zero-order chi connectivity index (χ0) is 18.8. The molecule has 0 saturated carbocycles. The van der Waals surface area contributed by atoms with Crippen molar-refractivity contribution in [3.8, 4) is 11.3 Å². The first-order valence-electron chi connectivity index (χ1n) is 8.89. The third-order valence-electron chi connectivity index (χ3n) is 5.76. The minimum absolute atomic E-state index is 0.0292. The largest absolute Gasteiger partial charge is 0.450 e. The second-order valence-electron chi connectivity index (χ2n) is 7.75. The maximum atomic E-state index is 13.0. The number of hydrogen-bond acceptors (Lipinski definition) is 4. The summed E-state index contributed by atoms with van der Waals surface area (Å²) in [6.07, 6.45) is 2.80. The van der Waals surface area contributed by atoms with Crippen LogP contribution in [0.25, 0.3) is 11.3 Å². The number of Topliss-reactive ketones (excluding diaryl/α,β-unsaturated/α-hetero) is 2. The average molecular weight is 351 g/mol. The molecular weight excluding hydrogens is 330 g/mol. The second-order valence-corrected chi connectivity index (χ2v) is 7.75. The molecule has 1 aromatic heterocycles. The van der Waals surface area contributed by atoms with Crippen LogP contribution >= 0.6 is 0 Å². The Labute approximate surface area is 151 Å². The first-order chi connectivity index (χ1) is 12.3. The van der Waals surface area contributed by atoms with Crippen LogP contribution in [0.15, 0.2) is 16.5 Å². The summed E-state index contributed by atoms with van der Waals surface area (Å²) in [5.41, 5.74) is 3.78. The van der Waals surface area contributed by atoms with E-state index in [-0.39, 0.29) is 16.7 Å². The molecule has 1 heterocycles. The summed E-state index contributed by atoms with van der Waals surface area (Å²) in [5, 5.41) is 2.51. The number of rotatable bonds is 1. The van der Waals surface area contributed by atoms with Crippen molar-refractivity contribution in [1.82, 2.24) is 5.32 Å². The van der Waals surface area contributed by atoms with Gasteiger partial charge in [0.1, 0.15) is 5.76 Å². The maximum Gasteiger partial charge on any atom is 0.287 e. The molecule has 2 aromatic rings. The van der Waals surface area contributed by atoms with E-state index in [1.807, 2.05) is 12.1 Å². The van der Waals surface area contributed by atoms with Crippen LogP contribution in [0.3, 0.4) is 0 Å². The summed E-state index contributed by atoms with van der Waals surface area (Å²) in [6, 6.07) is 3.90. The molecular formula is C21H21NO4. The number of fused-ring (bicyclic) bond motifs is 5. The van der Waals surface area contributed by atoms with Crippen LogP contribution in [0.2, 0.25) is 0 Å². The highest BCUT2D eigenvalue weighted by Gasteiger charge is 2.41. The standard InChI is InChI=1S/C21H21NO4/c1-10-14-16(23)17(24)15-11-6-5-9-21(2,3)13(11)8-7-12(15)19(14)26-18(10)20(25)22-4/h7-8H,5-6,9H2,1-4H3,(H,22,25). The molecule has 5 heteroatoms. The number of ketones is 2. The molecule has 4 rings (SSSR count). The zero-order valence-electron chi connectivity index (χ0n) is 15.4. The van der Waals surface area contributed by atoms with Crippen molar-refractivity contribution in [3.05, 3.63) is 45.7 Å². The van der Waals surface area contributed by atoms with Crippen molar-refractivity contribution in [2.75, 3.05) is 7.05 Å². The van der Waals surface area contributed by atoms with Gasteiger partial charge in [-0.1, -0.05) is 26.0 Å². The fourth-order valence-corrected chi connectivity index (χ4v) is 4.37. The van der Waals surface area contributed by atoms with Crippen LogP contribution in [-0.4, -0.2) is 24.5 Å². The van der Waals surface area contributed by atoms with E-state index >= 15 is 0 Å². The summed E-state index contributed by atoms with van der Waals surface area (Å²) in [6.45, 7) is 5.97. The highest BCUT2D eigenvalue weighted by Crippen LogP contribution is 2.45. The van der Waals surface area contributed by atoms with Gasteiger partial charge in [0.25, 0.3) is 5.91 Å². The Balaban J connectivity index is 2.03. The van der Waals surface area contributed by atoms with E-state index in [4.69, 9.17) is 4.42 Å². The van der Waals surface area contributed by atoms with Gasteiger partial charge in [-0.3, -0.25) is 14.4 Å². The smallest absolute Gasteiger partial charge is 0.287 e. The molecule has 0 atom stereocenters. The first kappa shape index (κ1) is 16.8. The predicted octanol–water partition coefficient (Wildman–Crippen LogP) is 3.61. The normalized spacial score (nSPS) is 17.4. The van der Waals surface area contributed by atoms with Gasteiger partial charge in [0.15, 0.2) is 5.76 Å². The van der Waals surface area contributed by atoms with Crippen LogP contribution in [0.4, 0.5) is 0 Å². The van der Waals surface area contributed by atoms with Crippen molar-refractivity contribution < 1.29 is 18.8 Å². The average Bonchev–Trinajstić information content (AvgIpc) is 2.95. The summed E-state index contributed by atoms with van der Waals surface area (Å²) < 4.78 is 5.79. The molecule has 0 spiro atoms. The van der Waals surface area contributed by atoms with Gasteiger partial charge in [-0.25, -0.2) is 0 Å². The van der Waals surface area contributed by atoms with Gasteiger partial charge in [0, 0.05) is 23.7 Å².